The molecule has 0 fully saturated rings. The number of benzene rings is 2. The van der Waals surface area contributed by atoms with Crippen LogP contribution in [0.1, 0.15) is 48.2 Å². The summed E-state index contributed by atoms with van der Waals surface area (Å²) in [7, 11) is 0. The lowest BCUT2D eigenvalue weighted by atomic mass is 9.78. The summed E-state index contributed by atoms with van der Waals surface area (Å²) in [5.74, 6) is -1.80. The standard InChI is InChI=1S/C24H26N4O5/c25-18(6-8-21(26)30)24(33)27-13-5-7-19-16(11-13)17(23(32)28-19)9-12-10-20(29)14-3-1-2-4-15(14)22(12)31/h1-5,7,9,11-12,18,20,22,29,31H,6,8,10,25H2,(H2,26,30)(H,27,33)(H,28,32)/b17-9+/t12?,18-,20?,22?/m0/s1. The zero-order valence-electron chi connectivity index (χ0n) is 17.8. The first-order chi connectivity index (χ1) is 15.7. The summed E-state index contributed by atoms with van der Waals surface area (Å²) in [6.07, 6.45) is 0.469. The first kappa shape index (κ1) is 22.7. The van der Waals surface area contributed by atoms with Gasteiger partial charge >= 0.3 is 0 Å². The fourth-order valence-corrected chi connectivity index (χ4v) is 4.30. The third kappa shape index (κ3) is 4.65. The van der Waals surface area contributed by atoms with E-state index in [9.17, 15) is 24.6 Å². The quantitative estimate of drug-likeness (QED) is 0.363. The van der Waals surface area contributed by atoms with Crippen molar-refractivity contribution in [2.24, 2.45) is 17.4 Å². The predicted octanol–water partition coefficient (Wildman–Crippen LogP) is 1.34. The Balaban J connectivity index is 1.57. The van der Waals surface area contributed by atoms with E-state index in [2.05, 4.69) is 10.6 Å². The van der Waals surface area contributed by atoms with E-state index in [1.165, 1.54) is 0 Å². The SMILES string of the molecule is NC(=O)CC[C@H](N)C(=O)Nc1ccc2c(c1)/C(=C\C1CC(O)c3ccccc3C1O)C(=O)N2. The number of nitrogens with one attached hydrogen (secondary N) is 2. The molecule has 1 aliphatic heterocycles. The summed E-state index contributed by atoms with van der Waals surface area (Å²) in [6, 6.07) is 11.2. The number of nitrogens with two attached hydrogens (primary N) is 2. The van der Waals surface area contributed by atoms with Crippen LogP contribution < -0.4 is 22.1 Å². The van der Waals surface area contributed by atoms with Gasteiger partial charge in [-0.2, -0.15) is 0 Å². The predicted molar refractivity (Wildman–Crippen MR) is 123 cm³/mol. The molecule has 0 saturated heterocycles. The van der Waals surface area contributed by atoms with Crippen LogP contribution in [0.3, 0.4) is 0 Å². The molecule has 1 heterocycles. The van der Waals surface area contributed by atoms with Gasteiger partial charge in [-0.1, -0.05) is 30.3 Å². The van der Waals surface area contributed by atoms with Crippen molar-refractivity contribution < 1.29 is 24.6 Å². The van der Waals surface area contributed by atoms with E-state index in [1.54, 1.807) is 42.5 Å². The van der Waals surface area contributed by atoms with Gasteiger partial charge in [0.15, 0.2) is 0 Å². The van der Waals surface area contributed by atoms with Crippen LogP contribution in [0.2, 0.25) is 0 Å². The Morgan fingerprint density at radius 3 is 2.64 bits per heavy atom. The number of carbonyl (C=O) groups is 3. The van der Waals surface area contributed by atoms with Crippen LogP contribution in [0.15, 0.2) is 48.5 Å². The summed E-state index contributed by atoms with van der Waals surface area (Å²) in [5.41, 5.74) is 14.2. The van der Waals surface area contributed by atoms with E-state index in [0.717, 1.165) is 0 Å². The third-order valence-corrected chi connectivity index (χ3v) is 6.06. The van der Waals surface area contributed by atoms with Crippen molar-refractivity contribution in [3.05, 3.63) is 65.2 Å². The molecule has 9 nitrogen and oxygen atoms in total. The summed E-state index contributed by atoms with van der Waals surface area (Å²) in [5, 5.41) is 26.9. The van der Waals surface area contributed by atoms with Crippen LogP contribution in [0.25, 0.3) is 5.57 Å². The fraction of sp³-hybridized carbons (Fsp3) is 0.292. The second-order valence-electron chi connectivity index (χ2n) is 8.38. The molecule has 2 aromatic carbocycles. The highest BCUT2D eigenvalue weighted by Crippen LogP contribution is 2.43. The maximum absolute atomic E-state index is 12.7. The Kier molecular flexibility index (Phi) is 6.28. The van der Waals surface area contributed by atoms with Crippen molar-refractivity contribution in [2.75, 3.05) is 10.6 Å². The average molecular weight is 450 g/mol. The molecule has 2 aliphatic rings. The summed E-state index contributed by atoms with van der Waals surface area (Å²) < 4.78 is 0. The molecule has 0 radical (unpaired) electrons. The third-order valence-electron chi connectivity index (χ3n) is 6.06. The molecule has 0 bridgehead atoms. The monoisotopic (exact) mass is 450 g/mol. The van der Waals surface area contributed by atoms with E-state index >= 15 is 0 Å². The van der Waals surface area contributed by atoms with Crippen molar-refractivity contribution >= 4 is 34.7 Å². The van der Waals surface area contributed by atoms with Gasteiger partial charge in [-0.3, -0.25) is 14.4 Å². The van der Waals surface area contributed by atoms with Gasteiger partial charge < -0.3 is 32.3 Å². The molecule has 33 heavy (non-hydrogen) atoms. The summed E-state index contributed by atoms with van der Waals surface area (Å²) in [6.45, 7) is 0. The van der Waals surface area contributed by atoms with Crippen LogP contribution in [-0.2, 0) is 14.4 Å². The zero-order chi connectivity index (χ0) is 23.7. The van der Waals surface area contributed by atoms with Gasteiger partial charge in [-0.15, -0.1) is 0 Å². The van der Waals surface area contributed by atoms with Gasteiger partial charge in [0.25, 0.3) is 5.91 Å². The molecule has 8 N–H and O–H groups in total. The number of primary amides is 1. The molecule has 0 aromatic heterocycles. The maximum Gasteiger partial charge on any atom is 0.256 e. The van der Waals surface area contributed by atoms with Crippen LogP contribution >= 0.6 is 0 Å². The molecule has 0 saturated carbocycles. The lowest BCUT2D eigenvalue weighted by molar-refractivity contribution is -0.119. The number of hydrogen-bond donors (Lipinski definition) is 6. The largest absolute Gasteiger partial charge is 0.388 e. The van der Waals surface area contributed by atoms with E-state index in [4.69, 9.17) is 11.5 Å². The number of carbonyl (C=O) groups excluding carboxylic acids is 3. The lowest BCUT2D eigenvalue weighted by Gasteiger charge is -2.31. The molecule has 9 heteroatoms. The number of aliphatic hydroxyl groups excluding tert-OH is 2. The Labute approximate surface area is 190 Å². The first-order valence-corrected chi connectivity index (χ1v) is 10.7. The fourth-order valence-electron chi connectivity index (χ4n) is 4.30. The number of hydrogen-bond acceptors (Lipinski definition) is 6. The highest BCUT2D eigenvalue weighted by molar-refractivity contribution is 6.31. The minimum Gasteiger partial charge on any atom is -0.388 e. The van der Waals surface area contributed by atoms with Crippen LogP contribution in [0, 0.1) is 5.92 Å². The van der Waals surface area contributed by atoms with Crippen LogP contribution in [0.4, 0.5) is 11.4 Å². The van der Waals surface area contributed by atoms with Crippen molar-refractivity contribution in [2.45, 2.75) is 37.5 Å². The van der Waals surface area contributed by atoms with E-state index < -0.39 is 36.0 Å². The second-order valence-corrected chi connectivity index (χ2v) is 8.38. The summed E-state index contributed by atoms with van der Waals surface area (Å²) in [4.78, 5) is 35.9. The molecular formula is C24H26N4O5. The molecule has 2 aromatic rings. The highest BCUT2D eigenvalue weighted by Gasteiger charge is 2.34. The van der Waals surface area contributed by atoms with Gasteiger partial charge in [0.1, 0.15) is 0 Å². The maximum atomic E-state index is 12.7. The highest BCUT2D eigenvalue weighted by atomic mass is 16.3. The topological polar surface area (TPSA) is 168 Å². The minimum atomic E-state index is -0.903. The molecule has 4 rings (SSSR count). The molecule has 4 atom stereocenters. The first-order valence-electron chi connectivity index (χ1n) is 10.7. The van der Waals surface area contributed by atoms with Gasteiger partial charge in [-0.05, 0) is 42.2 Å². The Hall–Kier alpha value is -3.53. The molecule has 3 amide bonds. The van der Waals surface area contributed by atoms with Crippen molar-refractivity contribution in [3.8, 4) is 0 Å². The molecule has 1 aliphatic carbocycles. The average Bonchev–Trinajstić information content (AvgIpc) is 3.10. The number of amides is 3. The van der Waals surface area contributed by atoms with Crippen molar-refractivity contribution in [3.63, 3.8) is 0 Å². The van der Waals surface area contributed by atoms with E-state index in [0.29, 0.717) is 33.6 Å². The van der Waals surface area contributed by atoms with Crippen molar-refractivity contribution in [1.82, 2.24) is 0 Å². The number of aliphatic hydroxyl groups is 2. The molecule has 172 valence electrons. The van der Waals surface area contributed by atoms with Gasteiger partial charge in [-0.25, -0.2) is 0 Å². The molecule has 0 spiro atoms. The lowest BCUT2D eigenvalue weighted by Crippen LogP contribution is -2.36. The number of anilines is 2. The zero-order valence-corrected chi connectivity index (χ0v) is 17.8. The van der Waals surface area contributed by atoms with Gasteiger partial charge in [0.05, 0.1) is 18.2 Å². The molecule has 3 unspecified atom stereocenters. The summed E-state index contributed by atoms with van der Waals surface area (Å²) >= 11 is 0. The van der Waals surface area contributed by atoms with Gasteiger partial charge in [0, 0.05) is 34.9 Å². The Morgan fingerprint density at radius 1 is 1.18 bits per heavy atom. The van der Waals surface area contributed by atoms with Gasteiger partial charge in [0.2, 0.25) is 11.8 Å². The number of rotatable bonds is 6. The normalized spacial score (nSPS) is 23.4. The minimum absolute atomic E-state index is 0.00275. The molecular weight excluding hydrogens is 424 g/mol. The number of fused-ring (bicyclic) bond motifs is 2. The van der Waals surface area contributed by atoms with Crippen molar-refractivity contribution in [1.29, 1.82) is 0 Å². The van der Waals surface area contributed by atoms with E-state index in [-0.39, 0.29) is 25.2 Å². The Morgan fingerprint density at radius 2 is 1.91 bits per heavy atom. The Bertz CT molecular complexity index is 1150. The second kappa shape index (κ2) is 9.14. The van der Waals surface area contributed by atoms with Crippen LogP contribution in [0.5, 0.6) is 0 Å². The smallest absolute Gasteiger partial charge is 0.256 e. The van der Waals surface area contributed by atoms with Crippen LogP contribution in [-0.4, -0.2) is 34.0 Å². The van der Waals surface area contributed by atoms with E-state index in [1.807, 2.05) is 6.07 Å².